The highest BCUT2D eigenvalue weighted by Crippen LogP contribution is 2.20. The molecule has 3 N–H and O–H groups in total. The van der Waals surface area contributed by atoms with Crippen LogP contribution in [0.25, 0.3) is 10.9 Å². The molecule has 0 radical (unpaired) electrons. The van der Waals surface area contributed by atoms with Crippen molar-refractivity contribution in [3.63, 3.8) is 0 Å². The number of benzene rings is 2. The van der Waals surface area contributed by atoms with Gasteiger partial charge in [-0.1, -0.05) is 36.4 Å². The van der Waals surface area contributed by atoms with E-state index in [1.165, 1.54) is 0 Å². The maximum Gasteiger partial charge on any atom is 0.239 e. The third kappa shape index (κ3) is 3.77. The molecular formula is C21H23N3O2. The second-order valence-corrected chi connectivity index (χ2v) is 6.81. The Labute approximate surface area is 152 Å². The lowest BCUT2D eigenvalue weighted by Gasteiger charge is -2.22. The standard InChI is InChI=1S/C21H23N3O2/c1-21(2,20(26)24-16-8-4-3-5-9-16)19(25)22-13-12-15-14-23-18-11-7-6-10-17(15)18/h3-11,14,23H,12-13H2,1-2H3,(H,22,25)(H,24,26). The van der Waals surface area contributed by atoms with Crippen molar-refractivity contribution in [3.8, 4) is 0 Å². The van der Waals surface area contributed by atoms with E-state index < -0.39 is 5.41 Å². The average molecular weight is 349 g/mol. The van der Waals surface area contributed by atoms with Crippen LogP contribution in [0.2, 0.25) is 0 Å². The fourth-order valence-electron chi connectivity index (χ4n) is 2.78. The average Bonchev–Trinajstić information content (AvgIpc) is 3.05. The van der Waals surface area contributed by atoms with Gasteiger partial charge in [0.05, 0.1) is 0 Å². The summed E-state index contributed by atoms with van der Waals surface area (Å²) in [4.78, 5) is 28.2. The Hall–Kier alpha value is -3.08. The Bertz CT molecular complexity index is 913. The molecule has 0 unspecified atom stereocenters. The zero-order valence-corrected chi connectivity index (χ0v) is 15.0. The number of carbonyl (C=O) groups excluding carboxylic acids is 2. The van der Waals surface area contributed by atoms with Crippen molar-refractivity contribution < 1.29 is 9.59 Å². The predicted molar refractivity (Wildman–Crippen MR) is 104 cm³/mol. The van der Waals surface area contributed by atoms with E-state index in [0.717, 1.165) is 16.5 Å². The fourth-order valence-corrected chi connectivity index (χ4v) is 2.78. The highest BCUT2D eigenvalue weighted by molar-refractivity contribution is 6.09. The van der Waals surface area contributed by atoms with Gasteiger partial charge in [0.25, 0.3) is 0 Å². The van der Waals surface area contributed by atoms with Gasteiger partial charge >= 0.3 is 0 Å². The maximum absolute atomic E-state index is 12.5. The van der Waals surface area contributed by atoms with E-state index in [1.54, 1.807) is 26.0 Å². The van der Waals surface area contributed by atoms with E-state index in [-0.39, 0.29) is 11.8 Å². The lowest BCUT2D eigenvalue weighted by molar-refractivity contribution is -0.138. The second kappa shape index (κ2) is 7.44. The van der Waals surface area contributed by atoms with Crippen LogP contribution in [-0.4, -0.2) is 23.3 Å². The lowest BCUT2D eigenvalue weighted by atomic mass is 9.91. The van der Waals surface area contributed by atoms with Crippen LogP contribution in [0.1, 0.15) is 19.4 Å². The van der Waals surface area contributed by atoms with E-state index >= 15 is 0 Å². The minimum atomic E-state index is -1.16. The zero-order valence-electron chi connectivity index (χ0n) is 15.0. The number of amides is 2. The molecule has 5 nitrogen and oxygen atoms in total. The third-order valence-corrected chi connectivity index (χ3v) is 4.52. The van der Waals surface area contributed by atoms with Crippen molar-refractivity contribution in [2.24, 2.45) is 5.41 Å². The molecule has 0 spiro atoms. The van der Waals surface area contributed by atoms with Gasteiger partial charge in [-0.3, -0.25) is 9.59 Å². The molecule has 3 rings (SSSR count). The highest BCUT2D eigenvalue weighted by atomic mass is 16.2. The molecule has 0 saturated carbocycles. The molecule has 0 aliphatic rings. The Morgan fingerprint density at radius 3 is 2.42 bits per heavy atom. The molecule has 0 bridgehead atoms. The van der Waals surface area contributed by atoms with Crippen molar-refractivity contribution in [1.29, 1.82) is 0 Å². The smallest absolute Gasteiger partial charge is 0.239 e. The summed E-state index contributed by atoms with van der Waals surface area (Å²) in [6.07, 6.45) is 2.66. The molecule has 0 saturated heterocycles. The molecule has 3 aromatic rings. The van der Waals surface area contributed by atoms with Gasteiger partial charge < -0.3 is 15.6 Å². The number of hydrogen-bond acceptors (Lipinski definition) is 2. The summed E-state index contributed by atoms with van der Waals surface area (Å²) in [5, 5.41) is 6.82. The van der Waals surface area contributed by atoms with Gasteiger partial charge in [0.2, 0.25) is 11.8 Å². The predicted octanol–water partition coefficient (Wildman–Crippen LogP) is 3.49. The van der Waals surface area contributed by atoms with Crippen LogP contribution in [0.15, 0.2) is 60.8 Å². The molecule has 2 aromatic carbocycles. The number of nitrogens with one attached hydrogen (secondary N) is 3. The van der Waals surface area contributed by atoms with Crippen molar-refractivity contribution in [2.45, 2.75) is 20.3 Å². The number of fused-ring (bicyclic) bond motifs is 1. The van der Waals surface area contributed by atoms with Gasteiger partial charge in [-0.2, -0.15) is 0 Å². The third-order valence-electron chi connectivity index (χ3n) is 4.52. The van der Waals surface area contributed by atoms with Crippen LogP contribution < -0.4 is 10.6 Å². The lowest BCUT2D eigenvalue weighted by Crippen LogP contribution is -2.45. The summed E-state index contributed by atoms with van der Waals surface area (Å²) in [5.74, 6) is -0.612. The molecule has 26 heavy (non-hydrogen) atoms. The Morgan fingerprint density at radius 1 is 0.962 bits per heavy atom. The van der Waals surface area contributed by atoms with E-state index in [9.17, 15) is 9.59 Å². The molecule has 5 heteroatoms. The molecule has 134 valence electrons. The summed E-state index contributed by atoms with van der Waals surface area (Å²) in [7, 11) is 0. The highest BCUT2D eigenvalue weighted by Gasteiger charge is 2.35. The van der Waals surface area contributed by atoms with Crippen LogP contribution in [-0.2, 0) is 16.0 Å². The zero-order chi connectivity index (χ0) is 18.6. The summed E-state index contributed by atoms with van der Waals surface area (Å²) in [5.41, 5.74) is 1.75. The summed E-state index contributed by atoms with van der Waals surface area (Å²) < 4.78 is 0. The second-order valence-electron chi connectivity index (χ2n) is 6.81. The molecule has 0 aliphatic carbocycles. The maximum atomic E-state index is 12.5. The van der Waals surface area contributed by atoms with Crippen molar-refractivity contribution in [1.82, 2.24) is 10.3 Å². The Kier molecular flexibility index (Phi) is 5.07. The number of hydrogen-bond donors (Lipinski definition) is 3. The number of aromatic nitrogens is 1. The summed E-state index contributed by atoms with van der Waals surface area (Å²) >= 11 is 0. The SMILES string of the molecule is CC(C)(C(=O)NCCc1c[nH]c2ccccc12)C(=O)Nc1ccccc1. The van der Waals surface area contributed by atoms with Crippen molar-refractivity contribution in [3.05, 3.63) is 66.4 Å². The van der Waals surface area contributed by atoms with Gasteiger partial charge in [0.15, 0.2) is 0 Å². The summed E-state index contributed by atoms with van der Waals surface area (Å²) in [6, 6.07) is 17.2. The summed E-state index contributed by atoms with van der Waals surface area (Å²) in [6.45, 7) is 3.74. The van der Waals surface area contributed by atoms with E-state index in [0.29, 0.717) is 18.7 Å². The first-order valence-corrected chi connectivity index (χ1v) is 8.68. The number of H-pyrrole nitrogens is 1. The van der Waals surface area contributed by atoms with Gasteiger partial charge in [-0.05, 0) is 44.0 Å². The molecule has 0 atom stereocenters. The van der Waals surface area contributed by atoms with Crippen LogP contribution >= 0.6 is 0 Å². The van der Waals surface area contributed by atoms with Crippen LogP contribution in [0.5, 0.6) is 0 Å². The largest absolute Gasteiger partial charge is 0.361 e. The number of carbonyl (C=O) groups is 2. The first-order chi connectivity index (χ1) is 12.5. The number of aromatic amines is 1. The van der Waals surface area contributed by atoms with E-state index in [2.05, 4.69) is 21.7 Å². The fraction of sp³-hybridized carbons (Fsp3) is 0.238. The molecule has 0 fully saturated rings. The molecule has 1 heterocycles. The first-order valence-electron chi connectivity index (χ1n) is 8.68. The molecule has 0 aliphatic heterocycles. The number of para-hydroxylation sites is 2. The first kappa shape index (κ1) is 17.7. The van der Waals surface area contributed by atoms with Gasteiger partial charge in [-0.15, -0.1) is 0 Å². The van der Waals surface area contributed by atoms with E-state index in [1.807, 2.05) is 42.6 Å². The van der Waals surface area contributed by atoms with Crippen molar-refractivity contribution in [2.75, 3.05) is 11.9 Å². The minimum Gasteiger partial charge on any atom is -0.361 e. The molecule has 2 amide bonds. The topological polar surface area (TPSA) is 74.0 Å². The van der Waals surface area contributed by atoms with Crippen molar-refractivity contribution >= 4 is 28.4 Å². The Morgan fingerprint density at radius 2 is 1.65 bits per heavy atom. The van der Waals surface area contributed by atoms with Gasteiger partial charge in [0.1, 0.15) is 5.41 Å². The van der Waals surface area contributed by atoms with Gasteiger partial charge in [-0.25, -0.2) is 0 Å². The van der Waals surface area contributed by atoms with Gasteiger partial charge in [0, 0.05) is 29.3 Å². The van der Waals surface area contributed by atoms with Crippen LogP contribution in [0.4, 0.5) is 5.69 Å². The molecular weight excluding hydrogens is 326 g/mol. The minimum absolute atomic E-state index is 0.286. The normalized spacial score (nSPS) is 11.3. The number of anilines is 1. The monoisotopic (exact) mass is 349 g/mol. The molecule has 1 aromatic heterocycles. The number of rotatable bonds is 6. The quantitative estimate of drug-likeness (QED) is 0.596. The Balaban J connectivity index is 1.57. The van der Waals surface area contributed by atoms with E-state index in [4.69, 9.17) is 0 Å². The van der Waals surface area contributed by atoms with Crippen LogP contribution in [0.3, 0.4) is 0 Å². The van der Waals surface area contributed by atoms with Crippen LogP contribution in [0, 0.1) is 5.41 Å².